The molecule has 0 amide bonds. The van der Waals surface area contributed by atoms with Gasteiger partial charge in [-0.1, -0.05) is 0 Å². The monoisotopic (exact) mass is 273 g/mol. The van der Waals surface area contributed by atoms with Crippen molar-refractivity contribution in [3.8, 4) is 0 Å². The number of aromatic nitrogens is 2. The first-order valence-corrected chi connectivity index (χ1v) is 6.56. The van der Waals surface area contributed by atoms with Crippen molar-refractivity contribution < 1.29 is 4.39 Å². The third kappa shape index (κ3) is 2.64. The molecule has 1 aromatic heterocycles. The van der Waals surface area contributed by atoms with Gasteiger partial charge in [0.1, 0.15) is 11.6 Å². The Balaban J connectivity index is 1.66. The zero-order valence-electron chi connectivity index (χ0n) is 11.0. The van der Waals surface area contributed by atoms with Gasteiger partial charge < -0.3 is 15.5 Å². The minimum Gasteiger partial charge on any atom is -0.384 e. The maximum absolute atomic E-state index is 12.9. The van der Waals surface area contributed by atoms with Gasteiger partial charge in [-0.3, -0.25) is 0 Å². The topological polar surface area (TPSA) is 58.3 Å². The largest absolute Gasteiger partial charge is 0.384 e. The Labute approximate surface area is 116 Å². The van der Waals surface area contributed by atoms with E-state index in [1.807, 2.05) is 12.1 Å². The van der Waals surface area contributed by atoms with Crippen molar-refractivity contribution in [1.82, 2.24) is 9.97 Å². The minimum absolute atomic E-state index is 0.208. The molecule has 6 heteroatoms. The van der Waals surface area contributed by atoms with Crippen LogP contribution in [0.4, 0.5) is 21.8 Å². The van der Waals surface area contributed by atoms with Gasteiger partial charge in [-0.2, -0.15) is 4.98 Å². The average molecular weight is 273 g/mol. The number of nitrogens with two attached hydrogens (primary N) is 1. The number of halogens is 1. The zero-order chi connectivity index (χ0) is 13.9. The van der Waals surface area contributed by atoms with E-state index in [9.17, 15) is 4.39 Å². The summed E-state index contributed by atoms with van der Waals surface area (Å²) in [5, 5.41) is 0. The zero-order valence-corrected chi connectivity index (χ0v) is 11.0. The van der Waals surface area contributed by atoms with Crippen LogP contribution in [0.25, 0.3) is 0 Å². The SMILES string of the molecule is Nc1ccnc(N2CCN(c3ccc(F)cc3)CC2)n1. The fraction of sp³-hybridized carbons (Fsp3) is 0.286. The number of hydrogen-bond acceptors (Lipinski definition) is 5. The van der Waals surface area contributed by atoms with Crippen molar-refractivity contribution in [3.05, 3.63) is 42.3 Å². The molecule has 2 heterocycles. The van der Waals surface area contributed by atoms with Crippen LogP contribution in [0.5, 0.6) is 0 Å². The van der Waals surface area contributed by atoms with Gasteiger partial charge >= 0.3 is 0 Å². The van der Waals surface area contributed by atoms with E-state index in [0.29, 0.717) is 11.8 Å². The van der Waals surface area contributed by atoms with Crippen LogP contribution in [0.1, 0.15) is 0 Å². The summed E-state index contributed by atoms with van der Waals surface area (Å²) in [5.74, 6) is 0.945. The normalized spacial score (nSPS) is 15.4. The van der Waals surface area contributed by atoms with E-state index in [0.717, 1.165) is 31.9 Å². The van der Waals surface area contributed by atoms with Crippen molar-refractivity contribution in [2.24, 2.45) is 0 Å². The summed E-state index contributed by atoms with van der Waals surface area (Å²) in [4.78, 5) is 12.8. The van der Waals surface area contributed by atoms with Gasteiger partial charge in [-0.25, -0.2) is 9.37 Å². The summed E-state index contributed by atoms with van der Waals surface area (Å²) < 4.78 is 12.9. The number of piperazine rings is 1. The van der Waals surface area contributed by atoms with Crippen LogP contribution in [-0.4, -0.2) is 36.1 Å². The molecule has 104 valence electrons. The Morgan fingerprint density at radius 1 is 0.950 bits per heavy atom. The first-order valence-electron chi connectivity index (χ1n) is 6.56. The highest BCUT2D eigenvalue weighted by atomic mass is 19.1. The molecule has 2 N–H and O–H groups in total. The predicted octanol–water partition coefficient (Wildman–Crippen LogP) is 1.52. The Morgan fingerprint density at radius 2 is 1.60 bits per heavy atom. The molecular formula is C14H16FN5. The van der Waals surface area contributed by atoms with Crippen molar-refractivity contribution in [2.45, 2.75) is 0 Å². The first kappa shape index (κ1) is 12.7. The van der Waals surface area contributed by atoms with E-state index >= 15 is 0 Å². The Bertz CT molecular complexity index is 578. The summed E-state index contributed by atoms with van der Waals surface area (Å²) >= 11 is 0. The third-order valence-corrected chi connectivity index (χ3v) is 3.42. The second kappa shape index (κ2) is 5.32. The number of nitrogens with zero attached hydrogens (tertiary/aromatic N) is 4. The molecular weight excluding hydrogens is 257 g/mol. The quantitative estimate of drug-likeness (QED) is 0.899. The maximum Gasteiger partial charge on any atom is 0.227 e. The smallest absolute Gasteiger partial charge is 0.227 e. The van der Waals surface area contributed by atoms with E-state index in [1.54, 1.807) is 12.3 Å². The molecule has 3 rings (SSSR count). The lowest BCUT2D eigenvalue weighted by Gasteiger charge is -2.36. The average Bonchev–Trinajstić information content (AvgIpc) is 2.48. The van der Waals surface area contributed by atoms with Gasteiger partial charge in [0.25, 0.3) is 0 Å². The molecule has 0 aliphatic carbocycles. The molecule has 1 aliphatic rings. The highest BCUT2D eigenvalue weighted by Gasteiger charge is 2.19. The lowest BCUT2D eigenvalue weighted by molar-refractivity contribution is 0.623. The minimum atomic E-state index is -0.208. The van der Waals surface area contributed by atoms with E-state index in [2.05, 4.69) is 19.8 Å². The fourth-order valence-electron chi connectivity index (χ4n) is 2.33. The molecule has 20 heavy (non-hydrogen) atoms. The maximum atomic E-state index is 12.9. The first-order chi connectivity index (χ1) is 9.72. The molecule has 0 radical (unpaired) electrons. The summed E-state index contributed by atoms with van der Waals surface area (Å²) in [6.45, 7) is 3.34. The van der Waals surface area contributed by atoms with Crippen molar-refractivity contribution in [2.75, 3.05) is 41.7 Å². The van der Waals surface area contributed by atoms with Crippen LogP contribution in [0.15, 0.2) is 36.5 Å². The third-order valence-electron chi connectivity index (χ3n) is 3.42. The molecule has 0 atom stereocenters. The highest BCUT2D eigenvalue weighted by Crippen LogP contribution is 2.18. The molecule has 2 aromatic rings. The van der Waals surface area contributed by atoms with Gasteiger partial charge in [-0.15, -0.1) is 0 Å². The lowest BCUT2D eigenvalue weighted by Crippen LogP contribution is -2.47. The summed E-state index contributed by atoms with van der Waals surface area (Å²) in [7, 11) is 0. The summed E-state index contributed by atoms with van der Waals surface area (Å²) in [5.41, 5.74) is 6.72. The molecule has 1 aliphatic heterocycles. The predicted molar refractivity (Wildman–Crippen MR) is 77.3 cm³/mol. The van der Waals surface area contributed by atoms with Crippen LogP contribution in [0.2, 0.25) is 0 Å². The lowest BCUT2D eigenvalue weighted by atomic mass is 10.2. The van der Waals surface area contributed by atoms with E-state index < -0.39 is 0 Å². The standard InChI is InChI=1S/C14H16FN5/c15-11-1-3-12(4-2-11)19-7-9-20(10-8-19)14-17-6-5-13(16)18-14/h1-6H,7-10H2,(H2,16,17,18). The molecule has 1 aromatic carbocycles. The highest BCUT2D eigenvalue weighted by molar-refractivity contribution is 5.48. The van der Waals surface area contributed by atoms with Gasteiger partial charge in [0.05, 0.1) is 0 Å². The molecule has 0 unspecified atom stereocenters. The molecule has 1 saturated heterocycles. The van der Waals surface area contributed by atoms with Crippen molar-refractivity contribution in [3.63, 3.8) is 0 Å². The van der Waals surface area contributed by atoms with Gasteiger partial charge in [0, 0.05) is 38.1 Å². The fourth-order valence-corrected chi connectivity index (χ4v) is 2.33. The Kier molecular flexibility index (Phi) is 3.37. The van der Waals surface area contributed by atoms with E-state index in [-0.39, 0.29) is 5.82 Å². The Morgan fingerprint density at radius 3 is 2.25 bits per heavy atom. The van der Waals surface area contributed by atoms with E-state index in [1.165, 1.54) is 12.1 Å². The van der Waals surface area contributed by atoms with Gasteiger partial charge in [0.15, 0.2) is 0 Å². The number of rotatable bonds is 2. The van der Waals surface area contributed by atoms with Crippen LogP contribution in [0, 0.1) is 5.82 Å². The van der Waals surface area contributed by atoms with Crippen molar-refractivity contribution >= 4 is 17.5 Å². The van der Waals surface area contributed by atoms with Crippen LogP contribution in [-0.2, 0) is 0 Å². The second-order valence-corrected chi connectivity index (χ2v) is 4.73. The van der Waals surface area contributed by atoms with Crippen LogP contribution >= 0.6 is 0 Å². The molecule has 0 bridgehead atoms. The second-order valence-electron chi connectivity index (χ2n) is 4.73. The number of anilines is 3. The van der Waals surface area contributed by atoms with Crippen LogP contribution in [0.3, 0.4) is 0 Å². The summed E-state index contributed by atoms with van der Waals surface area (Å²) in [6.07, 6.45) is 1.67. The molecule has 0 saturated carbocycles. The summed E-state index contributed by atoms with van der Waals surface area (Å²) in [6, 6.07) is 8.27. The molecule has 5 nitrogen and oxygen atoms in total. The number of hydrogen-bond donors (Lipinski definition) is 1. The molecule has 0 spiro atoms. The number of nitrogen functional groups attached to an aromatic ring is 1. The number of benzene rings is 1. The van der Waals surface area contributed by atoms with Crippen molar-refractivity contribution in [1.29, 1.82) is 0 Å². The van der Waals surface area contributed by atoms with Gasteiger partial charge in [-0.05, 0) is 30.3 Å². The van der Waals surface area contributed by atoms with Gasteiger partial charge in [0.2, 0.25) is 5.95 Å². The van der Waals surface area contributed by atoms with E-state index in [4.69, 9.17) is 5.73 Å². The molecule has 1 fully saturated rings. The van der Waals surface area contributed by atoms with Crippen LogP contribution < -0.4 is 15.5 Å². The Hall–Kier alpha value is -2.37.